The molecule has 0 aliphatic carbocycles. The van der Waals surface area contributed by atoms with Crippen molar-refractivity contribution in [3.63, 3.8) is 0 Å². The van der Waals surface area contributed by atoms with Gasteiger partial charge in [0, 0.05) is 23.8 Å². The molecule has 1 aromatic rings. The van der Waals surface area contributed by atoms with Gasteiger partial charge in [-0.05, 0) is 34.6 Å². The first-order chi connectivity index (χ1) is 7.24. The Labute approximate surface area is 97.7 Å². The standard InChI is InChI=1S/C12H23N3O/c1-11(2,3)15-8-10(7-14-15)6-13-12(4,5)9-16/h7-8,13,16H,6,9H2,1-5H3. The highest BCUT2D eigenvalue weighted by molar-refractivity contribution is 5.05. The van der Waals surface area contributed by atoms with Gasteiger partial charge in [0.1, 0.15) is 0 Å². The average molecular weight is 225 g/mol. The quantitative estimate of drug-likeness (QED) is 0.816. The predicted octanol–water partition coefficient (Wildman–Crippen LogP) is 1.50. The van der Waals surface area contributed by atoms with Crippen LogP contribution in [0.15, 0.2) is 12.4 Å². The number of aromatic nitrogens is 2. The van der Waals surface area contributed by atoms with Crippen LogP contribution < -0.4 is 5.32 Å². The molecule has 0 spiro atoms. The summed E-state index contributed by atoms with van der Waals surface area (Å²) in [5.74, 6) is 0. The van der Waals surface area contributed by atoms with Gasteiger partial charge >= 0.3 is 0 Å². The predicted molar refractivity (Wildman–Crippen MR) is 65.2 cm³/mol. The lowest BCUT2D eigenvalue weighted by Crippen LogP contribution is -2.42. The maximum Gasteiger partial charge on any atom is 0.0607 e. The van der Waals surface area contributed by atoms with E-state index in [1.54, 1.807) is 0 Å². The first-order valence-electron chi connectivity index (χ1n) is 5.64. The Hall–Kier alpha value is -0.870. The summed E-state index contributed by atoms with van der Waals surface area (Å²) in [5.41, 5.74) is 0.908. The molecule has 4 heteroatoms. The number of hydrogen-bond acceptors (Lipinski definition) is 3. The van der Waals surface area contributed by atoms with E-state index in [1.165, 1.54) is 0 Å². The maximum absolute atomic E-state index is 9.12. The SMILES string of the molecule is CC(C)(CO)NCc1cnn(C(C)(C)C)c1. The van der Waals surface area contributed by atoms with Crippen LogP contribution in [-0.2, 0) is 12.1 Å². The van der Waals surface area contributed by atoms with E-state index < -0.39 is 0 Å². The first kappa shape index (κ1) is 13.2. The molecule has 0 saturated carbocycles. The van der Waals surface area contributed by atoms with E-state index in [0.717, 1.165) is 12.1 Å². The molecule has 4 nitrogen and oxygen atoms in total. The molecule has 0 aromatic carbocycles. The van der Waals surface area contributed by atoms with Crippen LogP contribution in [-0.4, -0.2) is 27.0 Å². The molecule has 0 atom stereocenters. The molecular formula is C12H23N3O. The zero-order chi connectivity index (χ0) is 12.4. The summed E-state index contributed by atoms with van der Waals surface area (Å²) in [6, 6.07) is 0. The minimum Gasteiger partial charge on any atom is -0.394 e. The molecule has 0 fully saturated rings. The van der Waals surface area contributed by atoms with E-state index in [1.807, 2.05) is 30.9 Å². The van der Waals surface area contributed by atoms with E-state index in [-0.39, 0.29) is 17.7 Å². The summed E-state index contributed by atoms with van der Waals surface area (Å²) in [6.45, 7) is 11.2. The molecule has 16 heavy (non-hydrogen) atoms. The smallest absolute Gasteiger partial charge is 0.0607 e. The van der Waals surface area contributed by atoms with Gasteiger partial charge in [-0.1, -0.05) is 0 Å². The second kappa shape index (κ2) is 4.55. The van der Waals surface area contributed by atoms with Crippen LogP contribution in [0.4, 0.5) is 0 Å². The maximum atomic E-state index is 9.12. The average Bonchev–Trinajstić information content (AvgIpc) is 2.63. The van der Waals surface area contributed by atoms with Crippen molar-refractivity contribution in [1.29, 1.82) is 0 Å². The summed E-state index contributed by atoms with van der Waals surface area (Å²) in [7, 11) is 0. The highest BCUT2D eigenvalue weighted by atomic mass is 16.3. The van der Waals surface area contributed by atoms with Crippen molar-refractivity contribution in [3.05, 3.63) is 18.0 Å². The number of aliphatic hydroxyl groups excluding tert-OH is 1. The number of rotatable bonds is 4. The summed E-state index contributed by atoms with van der Waals surface area (Å²) in [4.78, 5) is 0. The number of hydrogen-bond donors (Lipinski definition) is 2. The molecule has 2 N–H and O–H groups in total. The van der Waals surface area contributed by atoms with Crippen molar-refractivity contribution in [3.8, 4) is 0 Å². The number of nitrogens with zero attached hydrogens (tertiary/aromatic N) is 2. The van der Waals surface area contributed by atoms with Crippen LogP contribution in [0.25, 0.3) is 0 Å². The molecule has 1 rings (SSSR count). The molecule has 1 heterocycles. The van der Waals surface area contributed by atoms with Crippen molar-refractivity contribution in [2.24, 2.45) is 0 Å². The molecule has 0 saturated heterocycles. The second-order valence-electron chi connectivity index (χ2n) is 5.86. The second-order valence-corrected chi connectivity index (χ2v) is 5.86. The molecule has 0 radical (unpaired) electrons. The minimum absolute atomic E-state index is 0.0186. The molecule has 0 aliphatic heterocycles. The van der Waals surface area contributed by atoms with Gasteiger partial charge in [-0.25, -0.2) is 0 Å². The van der Waals surface area contributed by atoms with Gasteiger partial charge in [0.05, 0.1) is 18.3 Å². The van der Waals surface area contributed by atoms with Gasteiger partial charge in [0.2, 0.25) is 0 Å². The lowest BCUT2D eigenvalue weighted by molar-refractivity contribution is 0.187. The Kier molecular flexibility index (Phi) is 3.76. The van der Waals surface area contributed by atoms with Crippen LogP contribution >= 0.6 is 0 Å². The van der Waals surface area contributed by atoms with Crippen molar-refractivity contribution < 1.29 is 5.11 Å². The molecule has 0 bridgehead atoms. The Morgan fingerprint density at radius 2 is 1.94 bits per heavy atom. The summed E-state index contributed by atoms with van der Waals surface area (Å²) < 4.78 is 1.95. The van der Waals surface area contributed by atoms with Gasteiger partial charge < -0.3 is 10.4 Å². The molecule has 0 amide bonds. The van der Waals surface area contributed by atoms with Gasteiger partial charge in [-0.3, -0.25) is 4.68 Å². The fourth-order valence-corrected chi connectivity index (χ4v) is 1.22. The van der Waals surface area contributed by atoms with Crippen LogP contribution in [0.1, 0.15) is 40.2 Å². The Morgan fingerprint density at radius 3 is 2.38 bits per heavy atom. The lowest BCUT2D eigenvalue weighted by atomic mass is 10.1. The van der Waals surface area contributed by atoms with Crippen LogP contribution in [0.2, 0.25) is 0 Å². The number of nitrogens with one attached hydrogen (secondary N) is 1. The van der Waals surface area contributed by atoms with Gasteiger partial charge in [0.15, 0.2) is 0 Å². The third-order valence-electron chi connectivity index (χ3n) is 2.49. The normalized spacial score (nSPS) is 13.1. The van der Waals surface area contributed by atoms with Crippen molar-refractivity contribution >= 4 is 0 Å². The first-order valence-corrected chi connectivity index (χ1v) is 5.64. The zero-order valence-corrected chi connectivity index (χ0v) is 10.9. The fourth-order valence-electron chi connectivity index (χ4n) is 1.22. The summed E-state index contributed by atoms with van der Waals surface area (Å²) in [5, 5.41) is 16.7. The van der Waals surface area contributed by atoms with Crippen molar-refractivity contribution in [2.75, 3.05) is 6.61 Å². The minimum atomic E-state index is -0.246. The molecule has 0 aliphatic rings. The van der Waals surface area contributed by atoms with Crippen LogP contribution in [0.3, 0.4) is 0 Å². The van der Waals surface area contributed by atoms with Gasteiger partial charge in [0.25, 0.3) is 0 Å². The van der Waals surface area contributed by atoms with E-state index in [4.69, 9.17) is 5.11 Å². The Balaban J connectivity index is 2.60. The lowest BCUT2D eigenvalue weighted by Gasteiger charge is -2.23. The molecular weight excluding hydrogens is 202 g/mol. The van der Waals surface area contributed by atoms with E-state index in [0.29, 0.717) is 0 Å². The topological polar surface area (TPSA) is 50.1 Å². The fraction of sp³-hybridized carbons (Fsp3) is 0.750. The Bertz CT molecular complexity index is 336. The third-order valence-corrected chi connectivity index (χ3v) is 2.49. The van der Waals surface area contributed by atoms with Crippen molar-refractivity contribution in [1.82, 2.24) is 15.1 Å². The summed E-state index contributed by atoms with van der Waals surface area (Å²) in [6.07, 6.45) is 3.91. The van der Waals surface area contributed by atoms with Crippen molar-refractivity contribution in [2.45, 2.75) is 52.2 Å². The van der Waals surface area contributed by atoms with E-state index in [2.05, 4.69) is 31.2 Å². The highest BCUT2D eigenvalue weighted by Crippen LogP contribution is 2.13. The monoisotopic (exact) mass is 225 g/mol. The van der Waals surface area contributed by atoms with E-state index in [9.17, 15) is 0 Å². The summed E-state index contributed by atoms with van der Waals surface area (Å²) >= 11 is 0. The van der Waals surface area contributed by atoms with E-state index >= 15 is 0 Å². The van der Waals surface area contributed by atoms with Gasteiger partial charge in [-0.15, -0.1) is 0 Å². The molecule has 1 aromatic heterocycles. The van der Waals surface area contributed by atoms with Gasteiger partial charge in [-0.2, -0.15) is 5.10 Å². The highest BCUT2D eigenvalue weighted by Gasteiger charge is 2.17. The molecule has 92 valence electrons. The molecule has 0 unspecified atom stereocenters. The Morgan fingerprint density at radius 1 is 1.31 bits per heavy atom. The third kappa shape index (κ3) is 3.61. The largest absolute Gasteiger partial charge is 0.394 e. The zero-order valence-electron chi connectivity index (χ0n) is 10.9. The van der Waals surface area contributed by atoms with Crippen LogP contribution in [0, 0.1) is 0 Å². The van der Waals surface area contributed by atoms with Crippen LogP contribution in [0.5, 0.6) is 0 Å². The number of aliphatic hydroxyl groups is 1.